The summed E-state index contributed by atoms with van der Waals surface area (Å²) in [5.41, 5.74) is 3.84. The maximum absolute atomic E-state index is 5.39. The highest BCUT2D eigenvalue weighted by atomic mass is 35.5. The molecule has 0 aliphatic rings. The van der Waals surface area contributed by atoms with Crippen LogP contribution in [0.2, 0.25) is 0 Å². The van der Waals surface area contributed by atoms with Gasteiger partial charge < -0.3 is 0 Å². The monoisotopic (exact) mass is 165 g/mol. The second-order valence-corrected chi connectivity index (χ2v) is 2.63. The lowest BCUT2D eigenvalue weighted by molar-refractivity contribution is 1.27. The zero-order valence-electron chi connectivity index (χ0n) is 6.26. The van der Waals surface area contributed by atoms with Gasteiger partial charge in [0.15, 0.2) is 0 Å². The lowest BCUT2D eigenvalue weighted by atomic mass is 10.1. The molecule has 0 N–H and O–H groups in total. The van der Waals surface area contributed by atoms with Crippen molar-refractivity contribution >= 4 is 11.6 Å². The zero-order chi connectivity index (χ0) is 8.10. The van der Waals surface area contributed by atoms with Crippen LogP contribution in [0.25, 0.3) is 0 Å². The van der Waals surface area contributed by atoms with Gasteiger partial charge in [0, 0.05) is 5.54 Å². The number of rotatable bonds is 2. The van der Waals surface area contributed by atoms with Crippen molar-refractivity contribution in [2.75, 3.05) is 0 Å². The summed E-state index contributed by atoms with van der Waals surface area (Å²) in [5.74, 6) is 0. The van der Waals surface area contributed by atoms with Crippen molar-refractivity contribution in [2.45, 2.75) is 6.42 Å². The van der Waals surface area contributed by atoms with Crippen molar-refractivity contribution in [1.82, 2.24) is 0 Å². The van der Waals surface area contributed by atoms with Crippen molar-refractivity contribution in [3.05, 3.63) is 53.9 Å². The van der Waals surface area contributed by atoms with Crippen LogP contribution in [0.1, 0.15) is 11.1 Å². The van der Waals surface area contributed by atoms with Crippen LogP contribution in [0.15, 0.2) is 35.9 Å². The van der Waals surface area contributed by atoms with Crippen LogP contribution >= 0.6 is 11.6 Å². The predicted octanol–water partition coefficient (Wildman–Crippen LogP) is 3.16. The van der Waals surface area contributed by atoms with E-state index in [1.807, 2.05) is 18.2 Å². The highest BCUT2D eigenvalue weighted by Gasteiger charge is 1.87. The smallest absolute Gasteiger partial charge is 0.000580 e. The van der Waals surface area contributed by atoms with Gasteiger partial charge in [-0.25, -0.2) is 0 Å². The lowest BCUT2D eigenvalue weighted by Gasteiger charge is -1.95. The SMILES string of the molecule is [CH2]c1ccc(C/C=C/Cl)cc1. The normalized spacial score (nSPS) is 10.7. The first-order valence-corrected chi connectivity index (χ1v) is 3.92. The summed E-state index contributed by atoms with van der Waals surface area (Å²) < 4.78 is 0. The van der Waals surface area contributed by atoms with Crippen LogP contribution in [0.3, 0.4) is 0 Å². The fourth-order valence-corrected chi connectivity index (χ4v) is 0.945. The van der Waals surface area contributed by atoms with Crippen LogP contribution in [-0.2, 0) is 6.42 Å². The molecule has 1 rings (SSSR count). The van der Waals surface area contributed by atoms with E-state index in [1.165, 1.54) is 11.1 Å². The Morgan fingerprint density at radius 3 is 2.45 bits per heavy atom. The maximum Gasteiger partial charge on any atom is 0.000580 e. The zero-order valence-corrected chi connectivity index (χ0v) is 7.01. The Labute approximate surface area is 72.5 Å². The summed E-state index contributed by atoms with van der Waals surface area (Å²) in [6, 6.07) is 8.10. The predicted molar refractivity (Wildman–Crippen MR) is 49.6 cm³/mol. The highest BCUT2D eigenvalue weighted by Crippen LogP contribution is 2.04. The molecule has 0 spiro atoms. The van der Waals surface area contributed by atoms with E-state index in [9.17, 15) is 0 Å². The van der Waals surface area contributed by atoms with Gasteiger partial charge in [-0.2, -0.15) is 0 Å². The molecule has 1 aromatic carbocycles. The quantitative estimate of drug-likeness (QED) is 0.632. The van der Waals surface area contributed by atoms with Gasteiger partial charge in [0.1, 0.15) is 0 Å². The molecule has 0 nitrogen and oxygen atoms in total. The molecule has 0 aliphatic carbocycles. The molecule has 11 heavy (non-hydrogen) atoms. The molecule has 1 aromatic rings. The molecule has 0 aliphatic heterocycles. The van der Waals surface area contributed by atoms with Gasteiger partial charge >= 0.3 is 0 Å². The second-order valence-electron chi connectivity index (χ2n) is 2.38. The van der Waals surface area contributed by atoms with Crippen molar-refractivity contribution in [2.24, 2.45) is 0 Å². The van der Waals surface area contributed by atoms with E-state index in [-0.39, 0.29) is 0 Å². The Morgan fingerprint density at radius 1 is 1.27 bits per heavy atom. The molecule has 0 aromatic heterocycles. The van der Waals surface area contributed by atoms with Gasteiger partial charge in [-0.3, -0.25) is 0 Å². The fraction of sp³-hybridized carbons (Fsp3) is 0.100. The Morgan fingerprint density at radius 2 is 1.91 bits per heavy atom. The van der Waals surface area contributed by atoms with E-state index in [0.29, 0.717) is 0 Å². The van der Waals surface area contributed by atoms with E-state index in [0.717, 1.165) is 12.0 Å². The van der Waals surface area contributed by atoms with E-state index < -0.39 is 0 Å². The number of allylic oxidation sites excluding steroid dienone is 1. The topological polar surface area (TPSA) is 0 Å². The van der Waals surface area contributed by atoms with Crippen LogP contribution in [0.4, 0.5) is 0 Å². The standard InChI is InChI=1S/C10H10Cl/c1-9-4-6-10(7-5-9)3-2-8-11/h2,4-8H,1,3H2/b8-2+. The summed E-state index contributed by atoms with van der Waals surface area (Å²) >= 11 is 5.39. The average molecular weight is 166 g/mol. The third kappa shape index (κ3) is 2.77. The van der Waals surface area contributed by atoms with Gasteiger partial charge in [-0.1, -0.05) is 41.9 Å². The third-order valence-electron chi connectivity index (χ3n) is 1.47. The third-order valence-corrected chi connectivity index (χ3v) is 1.64. The minimum atomic E-state index is 0.893. The molecule has 0 unspecified atom stereocenters. The molecule has 0 saturated carbocycles. The molecule has 0 saturated heterocycles. The molecule has 57 valence electrons. The minimum Gasteiger partial charge on any atom is -0.0933 e. The molecule has 1 heteroatoms. The first-order valence-electron chi connectivity index (χ1n) is 3.49. The number of hydrogen-bond donors (Lipinski definition) is 0. The van der Waals surface area contributed by atoms with Crippen LogP contribution in [-0.4, -0.2) is 0 Å². The molecule has 0 heterocycles. The largest absolute Gasteiger partial charge is 0.0933 e. The van der Waals surface area contributed by atoms with E-state index in [1.54, 1.807) is 0 Å². The molecule has 0 amide bonds. The van der Waals surface area contributed by atoms with Crippen LogP contribution < -0.4 is 0 Å². The molecule has 0 bridgehead atoms. The number of benzene rings is 1. The van der Waals surface area contributed by atoms with Crippen molar-refractivity contribution in [1.29, 1.82) is 0 Å². The van der Waals surface area contributed by atoms with Gasteiger partial charge in [0.2, 0.25) is 0 Å². The molecule has 1 radical (unpaired) electrons. The Bertz CT molecular complexity index is 234. The van der Waals surface area contributed by atoms with Crippen molar-refractivity contribution in [3.63, 3.8) is 0 Å². The highest BCUT2D eigenvalue weighted by molar-refractivity contribution is 6.25. The first kappa shape index (κ1) is 8.35. The molecular formula is C10H10Cl. The molecular weight excluding hydrogens is 156 g/mol. The maximum atomic E-state index is 5.39. The van der Waals surface area contributed by atoms with Crippen LogP contribution in [0.5, 0.6) is 0 Å². The molecule has 0 fully saturated rings. The number of halogens is 1. The van der Waals surface area contributed by atoms with Gasteiger partial charge in [0.25, 0.3) is 0 Å². The minimum absolute atomic E-state index is 0.893. The van der Waals surface area contributed by atoms with E-state index >= 15 is 0 Å². The van der Waals surface area contributed by atoms with Gasteiger partial charge in [-0.15, -0.1) is 0 Å². The van der Waals surface area contributed by atoms with Crippen molar-refractivity contribution in [3.8, 4) is 0 Å². The summed E-state index contributed by atoms with van der Waals surface area (Å²) in [6.07, 6.45) is 2.81. The fourth-order valence-electron chi connectivity index (χ4n) is 0.856. The van der Waals surface area contributed by atoms with Gasteiger partial charge in [-0.05, 0) is 24.5 Å². The Hall–Kier alpha value is -0.750. The van der Waals surface area contributed by atoms with E-state index in [4.69, 9.17) is 11.6 Å². The Balaban J connectivity index is 2.66. The Kier molecular flexibility index (Phi) is 3.18. The first-order chi connectivity index (χ1) is 5.33. The van der Waals surface area contributed by atoms with E-state index in [2.05, 4.69) is 19.1 Å². The summed E-state index contributed by atoms with van der Waals surface area (Å²) in [6.45, 7) is 3.80. The molecule has 0 atom stereocenters. The van der Waals surface area contributed by atoms with Crippen LogP contribution in [0, 0.1) is 6.92 Å². The number of hydrogen-bond acceptors (Lipinski definition) is 0. The second kappa shape index (κ2) is 4.20. The summed E-state index contributed by atoms with van der Waals surface area (Å²) in [5, 5.41) is 0. The van der Waals surface area contributed by atoms with Gasteiger partial charge in [0.05, 0.1) is 0 Å². The summed E-state index contributed by atoms with van der Waals surface area (Å²) in [7, 11) is 0. The van der Waals surface area contributed by atoms with Crippen molar-refractivity contribution < 1.29 is 0 Å². The average Bonchev–Trinajstić information content (AvgIpc) is 2.04. The lowest BCUT2D eigenvalue weighted by Crippen LogP contribution is -1.79. The summed E-state index contributed by atoms with van der Waals surface area (Å²) in [4.78, 5) is 0.